The van der Waals surface area contributed by atoms with Crippen LogP contribution in [0.5, 0.6) is 0 Å². The highest BCUT2D eigenvalue weighted by atomic mass is 35.5. The second kappa shape index (κ2) is 6.69. The van der Waals surface area contributed by atoms with Gasteiger partial charge < -0.3 is 5.73 Å². The van der Waals surface area contributed by atoms with Crippen molar-refractivity contribution in [1.82, 2.24) is 4.90 Å². The van der Waals surface area contributed by atoms with E-state index in [4.69, 9.17) is 17.3 Å². The summed E-state index contributed by atoms with van der Waals surface area (Å²) in [6, 6.07) is 4.73. The molecule has 0 radical (unpaired) electrons. The molecule has 0 bridgehead atoms. The lowest BCUT2D eigenvalue weighted by Crippen LogP contribution is -2.41. The lowest BCUT2D eigenvalue weighted by atomic mass is 9.93. The van der Waals surface area contributed by atoms with Gasteiger partial charge in [-0.3, -0.25) is 4.90 Å². The van der Waals surface area contributed by atoms with Gasteiger partial charge in [0.2, 0.25) is 0 Å². The molecule has 1 aliphatic heterocycles. The van der Waals surface area contributed by atoms with Crippen LogP contribution in [0.15, 0.2) is 18.2 Å². The van der Waals surface area contributed by atoms with Crippen molar-refractivity contribution in [3.63, 3.8) is 0 Å². The smallest absolute Gasteiger partial charge is 0.129 e. The molecule has 0 spiro atoms. The lowest BCUT2D eigenvalue weighted by Gasteiger charge is -2.38. The number of likely N-dealkylation sites (tertiary alicyclic amines) is 1. The Morgan fingerprint density at radius 2 is 2.32 bits per heavy atom. The van der Waals surface area contributed by atoms with Gasteiger partial charge in [0.15, 0.2) is 0 Å². The van der Waals surface area contributed by atoms with E-state index in [-0.39, 0.29) is 11.9 Å². The summed E-state index contributed by atoms with van der Waals surface area (Å²) in [5, 5.41) is 0.481. The molecule has 1 aromatic rings. The van der Waals surface area contributed by atoms with Crippen LogP contribution in [-0.2, 0) is 0 Å². The summed E-state index contributed by atoms with van der Waals surface area (Å²) in [4.78, 5) is 2.29. The van der Waals surface area contributed by atoms with E-state index in [0.717, 1.165) is 19.5 Å². The van der Waals surface area contributed by atoms with Gasteiger partial charge in [0.05, 0.1) is 6.04 Å². The zero-order chi connectivity index (χ0) is 13.8. The van der Waals surface area contributed by atoms with Crippen molar-refractivity contribution in [3.8, 4) is 0 Å². The Morgan fingerprint density at radius 3 is 2.95 bits per heavy atom. The predicted octanol–water partition coefficient (Wildman–Crippen LogP) is 3.60. The topological polar surface area (TPSA) is 29.3 Å². The molecule has 1 saturated heterocycles. The van der Waals surface area contributed by atoms with E-state index in [1.807, 2.05) is 0 Å². The molecule has 4 heteroatoms. The van der Waals surface area contributed by atoms with Crippen molar-refractivity contribution < 1.29 is 4.39 Å². The van der Waals surface area contributed by atoms with Crippen molar-refractivity contribution in [1.29, 1.82) is 0 Å². The Morgan fingerprint density at radius 1 is 1.53 bits per heavy atom. The number of halogens is 2. The first-order valence-electron chi connectivity index (χ1n) is 7.05. The van der Waals surface area contributed by atoms with Gasteiger partial charge in [0, 0.05) is 23.7 Å². The fourth-order valence-electron chi connectivity index (χ4n) is 2.99. The Labute approximate surface area is 119 Å². The van der Waals surface area contributed by atoms with Crippen molar-refractivity contribution in [2.75, 3.05) is 19.6 Å². The minimum absolute atomic E-state index is 0.108. The number of rotatable bonds is 4. The van der Waals surface area contributed by atoms with E-state index in [0.29, 0.717) is 23.0 Å². The van der Waals surface area contributed by atoms with Crippen LogP contribution in [-0.4, -0.2) is 24.5 Å². The highest BCUT2D eigenvalue weighted by Crippen LogP contribution is 2.32. The molecule has 0 aromatic heterocycles. The third kappa shape index (κ3) is 3.28. The molecule has 2 N–H and O–H groups in total. The van der Waals surface area contributed by atoms with Gasteiger partial charge in [-0.05, 0) is 37.4 Å². The SMILES string of the molecule is CCC1CCCN(C(CN)c2c(F)cccc2Cl)C1. The van der Waals surface area contributed by atoms with Crippen LogP contribution in [0.1, 0.15) is 37.8 Å². The van der Waals surface area contributed by atoms with E-state index in [1.165, 1.54) is 18.9 Å². The molecule has 0 aliphatic carbocycles. The van der Waals surface area contributed by atoms with Gasteiger partial charge in [-0.1, -0.05) is 31.0 Å². The molecular weight excluding hydrogens is 263 g/mol. The van der Waals surface area contributed by atoms with Crippen LogP contribution in [0.25, 0.3) is 0 Å². The Kier molecular flexibility index (Phi) is 5.20. The predicted molar refractivity (Wildman–Crippen MR) is 77.8 cm³/mol. The Balaban J connectivity index is 2.24. The molecule has 1 aliphatic rings. The summed E-state index contributed by atoms with van der Waals surface area (Å²) < 4.78 is 14.1. The number of nitrogens with two attached hydrogens (primary N) is 1. The highest BCUT2D eigenvalue weighted by molar-refractivity contribution is 6.31. The van der Waals surface area contributed by atoms with Crippen LogP contribution >= 0.6 is 11.6 Å². The second-order valence-corrected chi connectivity index (χ2v) is 5.71. The van der Waals surface area contributed by atoms with E-state index in [2.05, 4.69) is 11.8 Å². The molecule has 19 heavy (non-hydrogen) atoms. The maximum atomic E-state index is 14.1. The Hall–Kier alpha value is -0.640. The molecule has 0 amide bonds. The van der Waals surface area contributed by atoms with Crippen LogP contribution in [0, 0.1) is 11.7 Å². The van der Waals surface area contributed by atoms with E-state index in [9.17, 15) is 4.39 Å². The highest BCUT2D eigenvalue weighted by Gasteiger charge is 2.28. The minimum atomic E-state index is -0.249. The molecule has 1 heterocycles. The van der Waals surface area contributed by atoms with E-state index >= 15 is 0 Å². The molecule has 1 aromatic carbocycles. The molecule has 2 unspecified atom stereocenters. The van der Waals surface area contributed by atoms with Gasteiger partial charge in [0.1, 0.15) is 5.82 Å². The summed E-state index contributed by atoms with van der Waals surface area (Å²) in [7, 11) is 0. The van der Waals surface area contributed by atoms with Crippen LogP contribution in [0.3, 0.4) is 0 Å². The van der Waals surface area contributed by atoms with Crippen molar-refractivity contribution in [2.24, 2.45) is 11.7 Å². The monoisotopic (exact) mass is 284 g/mol. The molecular formula is C15H22ClFN2. The normalized spacial score (nSPS) is 22.4. The Bertz CT molecular complexity index is 404. The second-order valence-electron chi connectivity index (χ2n) is 5.30. The standard InChI is InChI=1S/C15H22ClFN2/c1-2-11-5-4-8-19(10-11)14(9-18)15-12(16)6-3-7-13(15)17/h3,6-7,11,14H,2,4-5,8-10,18H2,1H3. The average Bonchev–Trinajstić information content (AvgIpc) is 2.43. The summed E-state index contributed by atoms with van der Waals surface area (Å²) >= 11 is 6.17. The van der Waals surface area contributed by atoms with Gasteiger partial charge in [-0.2, -0.15) is 0 Å². The van der Waals surface area contributed by atoms with Crippen LogP contribution < -0.4 is 5.73 Å². The third-order valence-corrected chi connectivity index (χ3v) is 4.45. The van der Waals surface area contributed by atoms with Gasteiger partial charge in [0.25, 0.3) is 0 Å². The molecule has 1 fully saturated rings. The van der Waals surface area contributed by atoms with Crippen molar-refractivity contribution in [2.45, 2.75) is 32.2 Å². The number of hydrogen-bond donors (Lipinski definition) is 1. The first-order chi connectivity index (χ1) is 9.17. The van der Waals surface area contributed by atoms with Gasteiger partial charge >= 0.3 is 0 Å². The average molecular weight is 285 g/mol. The number of piperidine rings is 1. The first kappa shape index (κ1) is 14.8. The molecule has 2 atom stereocenters. The maximum absolute atomic E-state index is 14.1. The summed E-state index contributed by atoms with van der Waals surface area (Å²) in [6.45, 7) is 4.57. The first-order valence-corrected chi connectivity index (χ1v) is 7.43. The van der Waals surface area contributed by atoms with Crippen LogP contribution in [0.4, 0.5) is 4.39 Å². The van der Waals surface area contributed by atoms with Crippen molar-refractivity contribution >= 4 is 11.6 Å². The largest absolute Gasteiger partial charge is 0.329 e. The lowest BCUT2D eigenvalue weighted by molar-refractivity contribution is 0.122. The van der Waals surface area contributed by atoms with Crippen LogP contribution in [0.2, 0.25) is 5.02 Å². The molecule has 106 valence electrons. The van der Waals surface area contributed by atoms with Gasteiger partial charge in [-0.25, -0.2) is 4.39 Å². The zero-order valence-corrected chi connectivity index (χ0v) is 12.2. The third-order valence-electron chi connectivity index (χ3n) is 4.12. The summed E-state index contributed by atoms with van der Waals surface area (Å²) in [6.07, 6.45) is 3.58. The fraction of sp³-hybridized carbons (Fsp3) is 0.600. The van der Waals surface area contributed by atoms with Gasteiger partial charge in [-0.15, -0.1) is 0 Å². The zero-order valence-electron chi connectivity index (χ0n) is 11.4. The molecule has 2 rings (SSSR count). The quantitative estimate of drug-likeness (QED) is 0.915. The number of hydrogen-bond acceptors (Lipinski definition) is 2. The number of benzene rings is 1. The minimum Gasteiger partial charge on any atom is -0.329 e. The maximum Gasteiger partial charge on any atom is 0.129 e. The van der Waals surface area contributed by atoms with E-state index in [1.54, 1.807) is 12.1 Å². The summed E-state index contributed by atoms with van der Waals surface area (Å²) in [5.41, 5.74) is 6.45. The summed E-state index contributed by atoms with van der Waals surface area (Å²) in [5.74, 6) is 0.440. The molecule has 2 nitrogen and oxygen atoms in total. The molecule has 0 saturated carbocycles. The van der Waals surface area contributed by atoms with Crippen molar-refractivity contribution in [3.05, 3.63) is 34.6 Å². The van der Waals surface area contributed by atoms with E-state index < -0.39 is 0 Å². The number of nitrogens with zero attached hydrogens (tertiary/aromatic N) is 1. The fourth-order valence-corrected chi connectivity index (χ4v) is 3.28.